The summed E-state index contributed by atoms with van der Waals surface area (Å²) in [7, 11) is -2.26. The van der Waals surface area contributed by atoms with Crippen LogP contribution in [0.15, 0.2) is 43.0 Å². The molecule has 2 aliphatic carbocycles. The molecule has 2 saturated carbocycles. The van der Waals surface area contributed by atoms with Crippen molar-refractivity contribution in [1.29, 1.82) is 0 Å². The molecule has 10 nitrogen and oxygen atoms in total. The maximum atomic E-state index is 14.0. The average Bonchev–Trinajstić information content (AvgIpc) is 3.94. The van der Waals surface area contributed by atoms with Crippen LogP contribution in [0.1, 0.15) is 86.8 Å². The number of hydrogen-bond acceptors (Lipinski definition) is 8. The lowest BCUT2D eigenvalue weighted by Crippen LogP contribution is -2.35. The van der Waals surface area contributed by atoms with Gasteiger partial charge in [-0.15, -0.1) is 0 Å². The Hall–Kier alpha value is -4.07. The minimum absolute atomic E-state index is 0.129. The first kappa shape index (κ1) is 29.6. The summed E-state index contributed by atoms with van der Waals surface area (Å²) in [5, 5.41) is 0. The van der Waals surface area contributed by atoms with Gasteiger partial charge < -0.3 is 9.30 Å². The first-order chi connectivity index (χ1) is 21.4. The Bertz CT molecular complexity index is 1900. The second kappa shape index (κ2) is 10.2. The maximum Gasteiger partial charge on any atom is 0.434 e. The summed E-state index contributed by atoms with van der Waals surface area (Å²) in [6.07, 6.45) is 2.52. The molecule has 1 spiro atoms. The van der Waals surface area contributed by atoms with Gasteiger partial charge >= 0.3 is 6.18 Å². The SMILES string of the molecule is COc1ncnc(C2CC2)c1-c1ncc2c(n1)N(C[C@@H](C)c1ccc(-c3nc(C(F)(F)F)cn3C(C)C)cc1)S(=O)(=O)C21CC1. The third-order valence-electron chi connectivity index (χ3n) is 8.96. The molecule has 1 aromatic carbocycles. The minimum atomic E-state index is -4.55. The number of aromatic nitrogens is 6. The van der Waals surface area contributed by atoms with Crippen LogP contribution in [-0.4, -0.2) is 51.6 Å². The van der Waals surface area contributed by atoms with Gasteiger partial charge in [-0.1, -0.05) is 31.2 Å². The van der Waals surface area contributed by atoms with Crippen molar-refractivity contribution >= 4 is 15.8 Å². The fourth-order valence-corrected chi connectivity index (χ4v) is 8.41. The van der Waals surface area contributed by atoms with Gasteiger partial charge in [-0.05, 0) is 51.0 Å². The summed E-state index contributed by atoms with van der Waals surface area (Å²) in [6, 6.07) is 6.84. The normalized spacial score (nSPS) is 18.8. The first-order valence-electron chi connectivity index (χ1n) is 14.9. The highest BCUT2D eigenvalue weighted by molar-refractivity contribution is 7.94. The van der Waals surface area contributed by atoms with Gasteiger partial charge in [-0.2, -0.15) is 13.2 Å². The quantitative estimate of drug-likeness (QED) is 0.223. The van der Waals surface area contributed by atoms with Crippen molar-refractivity contribution in [2.75, 3.05) is 18.0 Å². The largest absolute Gasteiger partial charge is 0.480 e. The Morgan fingerprint density at radius 3 is 2.36 bits per heavy atom. The van der Waals surface area contributed by atoms with Crippen molar-refractivity contribution in [3.63, 3.8) is 0 Å². The Labute approximate surface area is 258 Å². The van der Waals surface area contributed by atoms with Gasteiger partial charge in [0.1, 0.15) is 22.5 Å². The topological polar surface area (TPSA) is 116 Å². The lowest BCUT2D eigenvalue weighted by molar-refractivity contribution is -0.140. The zero-order valence-electron chi connectivity index (χ0n) is 25.2. The molecule has 0 amide bonds. The van der Waals surface area contributed by atoms with Crippen molar-refractivity contribution in [2.24, 2.45) is 0 Å². The number of ether oxygens (including phenoxy) is 1. The zero-order chi connectivity index (χ0) is 31.9. The number of fused-ring (bicyclic) bond motifs is 2. The van der Waals surface area contributed by atoms with Crippen molar-refractivity contribution in [3.05, 3.63) is 65.5 Å². The molecular formula is C31H32F3N7O3S. The molecule has 0 unspecified atom stereocenters. The standard InChI is InChI=1S/C31H32F3N7O3S/c1-17(2)40-15-23(31(32,33)34)38-27(40)21-9-5-19(6-10-21)18(3)14-41-28-22(30(11-12-30)45(41,42)43)13-35-26(39-28)24-25(20-7-8-20)36-16-37-29(24)44-4/h5-6,9-10,13,15-18,20H,7-8,11-12,14H2,1-4H3/t18-/m1/s1. The van der Waals surface area contributed by atoms with Crippen LogP contribution < -0.4 is 9.04 Å². The molecule has 0 saturated heterocycles. The predicted octanol–water partition coefficient (Wildman–Crippen LogP) is 6.23. The molecule has 7 rings (SSSR count). The summed E-state index contributed by atoms with van der Waals surface area (Å²) in [4.78, 5) is 22.1. The second-order valence-corrected chi connectivity index (χ2v) is 14.5. The van der Waals surface area contributed by atoms with Crippen LogP contribution in [0.25, 0.3) is 22.8 Å². The highest BCUT2D eigenvalue weighted by atomic mass is 32.2. The van der Waals surface area contributed by atoms with Crippen LogP contribution in [-0.2, 0) is 20.9 Å². The van der Waals surface area contributed by atoms with Gasteiger partial charge in [0.05, 0.1) is 12.8 Å². The van der Waals surface area contributed by atoms with E-state index in [1.807, 2.05) is 19.1 Å². The van der Waals surface area contributed by atoms with Crippen LogP contribution in [0, 0.1) is 0 Å². The van der Waals surface area contributed by atoms with E-state index < -0.39 is 26.6 Å². The molecule has 3 aliphatic rings. The molecule has 0 radical (unpaired) electrons. The smallest absolute Gasteiger partial charge is 0.434 e. The van der Waals surface area contributed by atoms with E-state index in [1.165, 1.54) is 22.3 Å². The third-order valence-corrected chi connectivity index (χ3v) is 11.5. The monoisotopic (exact) mass is 639 g/mol. The molecule has 2 fully saturated rings. The Balaban J connectivity index is 1.22. The summed E-state index contributed by atoms with van der Waals surface area (Å²) in [5.74, 6) is 1.23. The summed E-state index contributed by atoms with van der Waals surface area (Å²) >= 11 is 0. The van der Waals surface area contributed by atoms with Crippen molar-refractivity contribution in [2.45, 2.75) is 75.3 Å². The molecule has 14 heteroatoms. The van der Waals surface area contributed by atoms with E-state index in [1.54, 1.807) is 32.2 Å². The molecule has 4 heterocycles. The highest BCUT2D eigenvalue weighted by Crippen LogP contribution is 2.61. The third kappa shape index (κ3) is 4.75. The number of anilines is 1. The summed E-state index contributed by atoms with van der Waals surface area (Å²) < 4.78 is 75.6. The number of rotatable bonds is 8. The lowest BCUT2D eigenvalue weighted by atomic mass is 9.99. The molecule has 236 valence electrons. The Kier molecular flexibility index (Phi) is 6.73. The van der Waals surface area contributed by atoms with Crippen LogP contribution in [0.5, 0.6) is 5.88 Å². The predicted molar refractivity (Wildman–Crippen MR) is 160 cm³/mol. The first-order valence-corrected chi connectivity index (χ1v) is 16.3. The minimum Gasteiger partial charge on any atom is -0.480 e. The molecule has 1 atom stereocenters. The number of benzene rings is 1. The second-order valence-electron chi connectivity index (χ2n) is 12.4. The number of methoxy groups -OCH3 is 1. The van der Waals surface area contributed by atoms with Crippen LogP contribution in [0.4, 0.5) is 19.0 Å². The van der Waals surface area contributed by atoms with E-state index >= 15 is 0 Å². The van der Waals surface area contributed by atoms with E-state index in [2.05, 4.69) is 19.9 Å². The number of imidazole rings is 1. The van der Waals surface area contributed by atoms with Crippen LogP contribution >= 0.6 is 0 Å². The van der Waals surface area contributed by atoms with Gasteiger partial charge in [0.25, 0.3) is 0 Å². The van der Waals surface area contributed by atoms with E-state index in [-0.39, 0.29) is 30.2 Å². The van der Waals surface area contributed by atoms with E-state index in [0.717, 1.165) is 30.3 Å². The molecule has 1 aliphatic heterocycles. The van der Waals surface area contributed by atoms with Crippen LogP contribution in [0.2, 0.25) is 0 Å². The number of hydrogen-bond donors (Lipinski definition) is 0. The Morgan fingerprint density at radius 1 is 1.04 bits per heavy atom. The molecule has 0 bridgehead atoms. The number of sulfonamides is 1. The summed E-state index contributed by atoms with van der Waals surface area (Å²) in [5.41, 5.74) is 2.39. The number of nitrogens with zero attached hydrogens (tertiary/aromatic N) is 7. The molecule has 45 heavy (non-hydrogen) atoms. The van der Waals surface area contributed by atoms with Gasteiger partial charge in [0.2, 0.25) is 15.9 Å². The highest BCUT2D eigenvalue weighted by Gasteiger charge is 2.65. The van der Waals surface area contributed by atoms with E-state index in [0.29, 0.717) is 47.1 Å². The summed E-state index contributed by atoms with van der Waals surface area (Å²) in [6.45, 7) is 5.64. The fourth-order valence-electron chi connectivity index (χ4n) is 6.16. The van der Waals surface area contributed by atoms with Gasteiger partial charge in [-0.3, -0.25) is 4.31 Å². The Morgan fingerprint density at radius 2 is 1.76 bits per heavy atom. The van der Waals surface area contributed by atoms with E-state index in [9.17, 15) is 21.6 Å². The van der Waals surface area contributed by atoms with E-state index in [4.69, 9.17) is 9.72 Å². The number of halogens is 3. The molecule has 3 aromatic heterocycles. The van der Waals surface area contributed by atoms with Gasteiger partial charge in [-0.25, -0.2) is 33.3 Å². The lowest BCUT2D eigenvalue weighted by Gasteiger charge is -2.23. The van der Waals surface area contributed by atoms with Gasteiger partial charge in [0, 0.05) is 42.0 Å². The van der Waals surface area contributed by atoms with Crippen molar-refractivity contribution in [3.8, 4) is 28.7 Å². The van der Waals surface area contributed by atoms with Crippen LogP contribution in [0.3, 0.4) is 0 Å². The zero-order valence-corrected chi connectivity index (χ0v) is 26.0. The van der Waals surface area contributed by atoms with Crippen molar-refractivity contribution < 1.29 is 26.3 Å². The van der Waals surface area contributed by atoms with Gasteiger partial charge in [0.15, 0.2) is 17.3 Å². The molecule has 0 N–H and O–H groups in total. The maximum absolute atomic E-state index is 14.0. The molecule has 4 aromatic rings. The fraction of sp³-hybridized carbons (Fsp3) is 0.452. The van der Waals surface area contributed by atoms with Crippen molar-refractivity contribution in [1.82, 2.24) is 29.5 Å². The molecular weight excluding hydrogens is 607 g/mol. The number of alkyl halides is 3. The average molecular weight is 640 g/mol.